The zero-order chi connectivity index (χ0) is 18.1. The number of guanidine groups is 1. The first kappa shape index (κ1) is 19.6. The fourth-order valence-electron chi connectivity index (χ4n) is 3.43. The molecule has 0 spiro atoms. The summed E-state index contributed by atoms with van der Waals surface area (Å²) in [6.07, 6.45) is 2.50. The van der Waals surface area contributed by atoms with Crippen LogP contribution >= 0.6 is 0 Å². The zero-order valence-electron chi connectivity index (χ0n) is 16.3. The van der Waals surface area contributed by atoms with Gasteiger partial charge in [0, 0.05) is 38.8 Å². The number of hydrogen-bond donors (Lipinski definition) is 1. The summed E-state index contributed by atoms with van der Waals surface area (Å²) in [5, 5.41) is 3.42. The summed E-state index contributed by atoms with van der Waals surface area (Å²) in [4.78, 5) is 9.65. The van der Waals surface area contributed by atoms with E-state index in [0.717, 1.165) is 31.3 Å². The van der Waals surface area contributed by atoms with Crippen molar-refractivity contribution in [3.05, 3.63) is 29.8 Å². The van der Waals surface area contributed by atoms with Gasteiger partial charge in [0.05, 0.1) is 7.11 Å². The molecule has 5 heteroatoms. The molecule has 1 aromatic rings. The van der Waals surface area contributed by atoms with Crippen LogP contribution in [0.4, 0.5) is 0 Å². The average molecular weight is 347 g/mol. The second-order valence-corrected chi connectivity index (χ2v) is 6.82. The van der Waals surface area contributed by atoms with Crippen LogP contribution in [0.25, 0.3) is 0 Å². The lowest BCUT2D eigenvalue weighted by molar-refractivity contribution is 0.326. The first-order chi connectivity index (χ1) is 12.2. The lowest BCUT2D eigenvalue weighted by Gasteiger charge is -2.23. The largest absolute Gasteiger partial charge is 0.496 e. The molecule has 5 nitrogen and oxygen atoms in total. The van der Waals surface area contributed by atoms with Gasteiger partial charge in [-0.1, -0.05) is 25.1 Å². The van der Waals surface area contributed by atoms with Crippen molar-refractivity contribution in [1.29, 1.82) is 0 Å². The maximum absolute atomic E-state index is 5.47. The lowest BCUT2D eigenvalue weighted by Crippen LogP contribution is -2.39. The van der Waals surface area contributed by atoms with Crippen molar-refractivity contribution in [2.75, 3.05) is 46.9 Å². The molecule has 1 aromatic carbocycles. The Morgan fingerprint density at radius 3 is 2.88 bits per heavy atom. The van der Waals surface area contributed by atoms with Gasteiger partial charge in [0.15, 0.2) is 5.96 Å². The van der Waals surface area contributed by atoms with Gasteiger partial charge < -0.3 is 19.9 Å². The van der Waals surface area contributed by atoms with E-state index in [1.54, 1.807) is 7.11 Å². The third kappa shape index (κ3) is 5.92. The number of rotatable bonds is 8. The van der Waals surface area contributed by atoms with E-state index < -0.39 is 0 Å². The van der Waals surface area contributed by atoms with Crippen LogP contribution in [-0.2, 0) is 6.54 Å². The zero-order valence-corrected chi connectivity index (χ0v) is 16.3. The van der Waals surface area contributed by atoms with Crippen LogP contribution in [0.3, 0.4) is 0 Å². The van der Waals surface area contributed by atoms with Crippen LogP contribution in [0.15, 0.2) is 29.3 Å². The van der Waals surface area contributed by atoms with Crippen molar-refractivity contribution in [1.82, 2.24) is 15.1 Å². The minimum atomic E-state index is 0.680. The Morgan fingerprint density at radius 1 is 1.36 bits per heavy atom. The summed E-state index contributed by atoms with van der Waals surface area (Å²) in [5.74, 6) is 2.58. The number of nitrogens with one attached hydrogen (secondary N) is 1. The SMILES string of the molecule is CCCN1CCC(CN=C(NCC)N(C)Cc2ccccc2OC)C1. The molecule has 1 aliphatic rings. The van der Waals surface area contributed by atoms with Gasteiger partial charge in [0.1, 0.15) is 5.75 Å². The molecule has 1 heterocycles. The number of para-hydroxylation sites is 1. The molecule has 2 rings (SSSR count). The van der Waals surface area contributed by atoms with E-state index in [4.69, 9.17) is 9.73 Å². The van der Waals surface area contributed by atoms with Gasteiger partial charge in [0.2, 0.25) is 0 Å². The Bertz CT molecular complexity index is 546. The number of ether oxygens (including phenoxy) is 1. The molecule has 1 saturated heterocycles. The van der Waals surface area contributed by atoms with Gasteiger partial charge in [-0.05, 0) is 44.8 Å². The van der Waals surface area contributed by atoms with E-state index >= 15 is 0 Å². The molecule has 0 saturated carbocycles. The highest BCUT2D eigenvalue weighted by Crippen LogP contribution is 2.19. The van der Waals surface area contributed by atoms with Crippen LogP contribution < -0.4 is 10.1 Å². The molecule has 1 aliphatic heterocycles. The molecule has 1 unspecified atom stereocenters. The Morgan fingerprint density at radius 2 is 2.16 bits per heavy atom. The molecular formula is C20H34N4O. The van der Waals surface area contributed by atoms with Crippen LogP contribution in [0, 0.1) is 5.92 Å². The van der Waals surface area contributed by atoms with E-state index in [1.165, 1.54) is 38.0 Å². The first-order valence-corrected chi connectivity index (χ1v) is 9.51. The third-order valence-electron chi connectivity index (χ3n) is 4.71. The molecule has 0 aromatic heterocycles. The van der Waals surface area contributed by atoms with Crippen molar-refractivity contribution in [2.45, 2.75) is 33.2 Å². The second-order valence-electron chi connectivity index (χ2n) is 6.82. The first-order valence-electron chi connectivity index (χ1n) is 9.51. The van der Waals surface area contributed by atoms with Gasteiger partial charge in [-0.25, -0.2) is 0 Å². The molecule has 1 N–H and O–H groups in total. The summed E-state index contributed by atoms with van der Waals surface area (Å²) in [6.45, 7) is 10.6. The summed E-state index contributed by atoms with van der Waals surface area (Å²) < 4.78 is 5.47. The van der Waals surface area contributed by atoms with E-state index in [9.17, 15) is 0 Å². The van der Waals surface area contributed by atoms with Crippen LogP contribution in [0.1, 0.15) is 32.3 Å². The highest BCUT2D eigenvalue weighted by Gasteiger charge is 2.21. The monoisotopic (exact) mass is 346 g/mol. The predicted octanol–water partition coefficient (Wildman–Crippen LogP) is 2.82. The summed E-state index contributed by atoms with van der Waals surface area (Å²) in [6, 6.07) is 8.17. The molecule has 25 heavy (non-hydrogen) atoms. The van der Waals surface area contributed by atoms with Gasteiger partial charge in [0.25, 0.3) is 0 Å². The minimum Gasteiger partial charge on any atom is -0.496 e. The normalized spacial score (nSPS) is 18.4. The fourth-order valence-corrected chi connectivity index (χ4v) is 3.43. The number of hydrogen-bond acceptors (Lipinski definition) is 3. The molecular weight excluding hydrogens is 312 g/mol. The Kier molecular flexibility index (Phi) is 8.06. The Labute approximate surface area is 153 Å². The maximum atomic E-state index is 5.47. The fraction of sp³-hybridized carbons (Fsp3) is 0.650. The molecule has 0 bridgehead atoms. The smallest absolute Gasteiger partial charge is 0.193 e. The van der Waals surface area contributed by atoms with Crippen molar-refractivity contribution in [3.63, 3.8) is 0 Å². The summed E-state index contributed by atoms with van der Waals surface area (Å²) in [5.41, 5.74) is 1.17. The molecule has 140 valence electrons. The molecule has 0 aliphatic carbocycles. The molecule has 1 atom stereocenters. The van der Waals surface area contributed by atoms with Crippen molar-refractivity contribution >= 4 is 5.96 Å². The second kappa shape index (κ2) is 10.3. The van der Waals surface area contributed by atoms with Crippen molar-refractivity contribution in [2.24, 2.45) is 10.9 Å². The number of likely N-dealkylation sites (tertiary alicyclic amines) is 1. The molecule has 0 radical (unpaired) electrons. The van der Waals surface area contributed by atoms with E-state index in [0.29, 0.717) is 5.92 Å². The highest BCUT2D eigenvalue weighted by atomic mass is 16.5. The molecule has 0 amide bonds. The van der Waals surface area contributed by atoms with E-state index in [-0.39, 0.29) is 0 Å². The number of benzene rings is 1. The van der Waals surface area contributed by atoms with Crippen molar-refractivity contribution < 1.29 is 4.74 Å². The van der Waals surface area contributed by atoms with Gasteiger partial charge >= 0.3 is 0 Å². The topological polar surface area (TPSA) is 40.1 Å². The van der Waals surface area contributed by atoms with Crippen LogP contribution in [-0.4, -0.2) is 62.6 Å². The van der Waals surface area contributed by atoms with Gasteiger partial charge in [-0.15, -0.1) is 0 Å². The van der Waals surface area contributed by atoms with E-state index in [1.807, 2.05) is 12.1 Å². The predicted molar refractivity (Wildman–Crippen MR) is 105 cm³/mol. The summed E-state index contributed by atoms with van der Waals surface area (Å²) >= 11 is 0. The van der Waals surface area contributed by atoms with Crippen LogP contribution in [0.5, 0.6) is 5.75 Å². The summed E-state index contributed by atoms with van der Waals surface area (Å²) in [7, 11) is 3.81. The number of nitrogens with zero attached hydrogens (tertiary/aromatic N) is 3. The maximum Gasteiger partial charge on any atom is 0.193 e. The van der Waals surface area contributed by atoms with Gasteiger partial charge in [-0.3, -0.25) is 4.99 Å². The standard InChI is InChI=1S/C20H34N4O/c1-5-12-24-13-11-17(15-24)14-22-20(21-6-2)23(3)16-18-9-7-8-10-19(18)25-4/h7-10,17H,5-6,11-16H2,1-4H3,(H,21,22). The number of aliphatic imine (C=N–C) groups is 1. The van der Waals surface area contributed by atoms with Gasteiger partial charge in [-0.2, -0.15) is 0 Å². The Hall–Kier alpha value is -1.75. The minimum absolute atomic E-state index is 0.680. The molecule has 1 fully saturated rings. The van der Waals surface area contributed by atoms with Crippen molar-refractivity contribution in [3.8, 4) is 5.75 Å². The Balaban J connectivity index is 1.96. The quantitative estimate of drug-likeness (QED) is 0.580. The highest BCUT2D eigenvalue weighted by molar-refractivity contribution is 5.79. The van der Waals surface area contributed by atoms with E-state index in [2.05, 4.69) is 48.1 Å². The third-order valence-corrected chi connectivity index (χ3v) is 4.71. The average Bonchev–Trinajstić information content (AvgIpc) is 3.07. The lowest BCUT2D eigenvalue weighted by atomic mass is 10.1. The number of methoxy groups -OCH3 is 1. The van der Waals surface area contributed by atoms with Crippen LogP contribution in [0.2, 0.25) is 0 Å².